The van der Waals surface area contributed by atoms with Crippen molar-refractivity contribution in [3.63, 3.8) is 0 Å². The molecule has 1 aliphatic carbocycles. The molecule has 0 spiro atoms. The molecule has 116 valence electrons. The van der Waals surface area contributed by atoms with Crippen LogP contribution in [0.15, 0.2) is 30.3 Å². The smallest absolute Gasteiger partial charge is 0.229 e. The van der Waals surface area contributed by atoms with Gasteiger partial charge in [-0.25, -0.2) is 0 Å². The number of carbonyl (C=O) groups is 1. The number of benzene rings is 1. The second-order valence-electron chi connectivity index (χ2n) is 6.16. The number of ether oxygens (including phenoxy) is 1. The van der Waals surface area contributed by atoms with Gasteiger partial charge in [0.1, 0.15) is 5.75 Å². The van der Waals surface area contributed by atoms with Crippen LogP contribution in [0.3, 0.4) is 0 Å². The first-order valence-corrected chi connectivity index (χ1v) is 7.73. The van der Waals surface area contributed by atoms with Gasteiger partial charge in [0.2, 0.25) is 5.91 Å². The maximum Gasteiger partial charge on any atom is 0.229 e. The summed E-state index contributed by atoms with van der Waals surface area (Å²) in [4.78, 5) is 14.4. The van der Waals surface area contributed by atoms with E-state index in [1.165, 1.54) is 0 Å². The lowest BCUT2D eigenvalue weighted by Gasteiger charge is -2.32. The molecule has 4 nitrogen and oxygen atoms in total. The molecule has 0 aliphatic heterocycles. The Morgan fingerprint density at radius 2 is 2.14 bits per heavy atom. The molecule has 1 aromatic carbocycles. The minimum atomic E-state index is -0.380. The predicted octanol–water partition coefficient (Wildman–Crippen LogP) is 2.43. The second kappa shape index (κ2) is 6.94. The fourth-order valence-electron chi connectivity index (χ4n) is 3.00. The molecular formula is C17H26N2O2. The van der Waals surface area contributed by atoms with Gasteiger partial charge in [-0.2, -0.15) is 0 Å². The zero-order valence-corrected chi connectivity index (χ0v) is 13.0. The van der Waals surface area contributed by atoms with Gasteiger partial charge in [-0.3, -0.25) is 4.79 Å². The van der Waals surface area contributed by atoms with Crippen LogP contribution in [0.4, 0.5) is 0 Å². The molecule has 1 saturated carbocycles. The average molecular weight is 290 g/mol. The molecule has 21 heavy (non-hydrogen) atoms. The summed E-state index contributed by atoms with van der Waals surface area (Å²) in [6.07, 6.45) is 3.72. The van der Waals surface area contributed by atoms with E-state index in [1.54, 1.807) is 4.90 Å². The first kappa shape index (κ1) is 15.8. The first-order valence-electron chi connectivity index (χ1n) is 7.73. The monoisotopic (exact) mass is 290 g/mol. The van der Waals surface area contributed by atoms with Crippen LogP contribution >= 0.6 is 0 Å². The van der Waals surface area contributed by atoms with Gasteiger partial charge < -0.3 is 15.4 Å². The molecule has 1 aromatic rings. The Balaban J connectivity index is 1.74. The normalized spacial score (nSPS) is 24.8. The van der Waals surface area contributed by atoms with Crippen LogP contribution in [0.2, 0.25) is 0 Å². The molecular weight excluding hydrogens is 264 g/mol. The molecule has 1 amide bonds. The highest BCUT2D eigenvalue weighted by molar-refractivity contribution is 5.83. The van der Waals surface area contributed by atoms with E-state index in [1.807, 2.05) is 44.3 Å². The molecule has 2 N–H and O–H groups in total. The number of para-hydroxylation sites is 1. The number of hydrogen-bond donors (Lipinski definition) is 1. The molecule has 2 atom stereocenters. The Bertz CT molecular complexity index is 463. The summed E-state index contributed by atoms with van der Waals surface area (Å²) in [5.41, 5.74) is 5.73. The maximum atomic E-state index is 12.5. The lowest BCUT2D eigenvalue weighted by Crippen LogP contribution is -2.48. The van der Waals surface area contributed by atoms with E-state index in [9.17, 15) is 4.79 Å². The van der Waals surface area contributed by atoms with Crippen molar-refractivity contribution in [3.8, 4) is 5.75 Å². The van der Waals surface area contributed by atoms with Crippen molar-refractivity contribution in [1.82, 2.24) is 4.90 Å². The molecule has 0 heterocycles. The van der Waals surface area contributed by atoms with E-state index >= 15 is 0 Å². The Morgan fingerprint density at radius 1 is 1.43 bits per heavy atom. The summed E-state index contributed by atoms with van der Waals surface area (Å²) >= 11 is 0. The van der Waals surface area contributed by atoms with Crippen LogP contribution in [0, 0.1) is 5.41 Å². The Labute approximate surface area is 127 Å². The third-order valence-corrected chi connectivity index (χ3v) is 4.51. The Kier molecular flexibility index (Phi) is 5.23. The van der Waals surface area contributed by atoms with Crippen LogP contribution in [0.5, 0.6) is 5.75 Å². The zero-order chi connectivity index (χ0) is 15.3. The van der Waals surface area contributed by atoms with Gasteiger partial charge in [0.15, 0.2) is 0 Å². The van der Waals surface area contributed by atoms with Crippen molar-refractivity contribution < 1.29 is 9.53 Å². The molecule has 4 heteroatoms. The van der Waals surface area contributed by atoms with Gasteiger partial charge in [0.25, 0.3) is 0 Å². The van der Waals surface area contributed by atoms with E-state index < -0.39 is 0 Å². The number of hydrogen-bond acceptors (Lipinski definition) is 3. The van der Waals surface area contributed by atoms with Gasteiger partial charge in [0.05, 0.1) is 12.0 Å². The van der Waals surface area contributed by atoms with Gasteiger partial charge >= 0.3 is 0 Å². The van der Waals surface area contributed by atoms with Crippen LogP contribution in [-0.2, 0) is 4.79 Å². The minimum absolute atomic E-state index is 0.00646. The SMILES string of the molecule is CN(CCCOc1ccccc1)C(=O)C1(C)CCCC1N. The van der Waals surface area contributed by atoms with Crippen molar-refractivity contribution >= 4 is 5.91 Å². The van der Waals surface area contributed by atoms with E-state index in [2.05, 4.69) is 0 Å². The third-order valence-electron chi connectivity index (χ3n) is 4.51. The van der Waals surface area contributed by atoms with Gasteiger partial charge in [0, 0.05) is 19.6 Å². The maximum absolute atomic E-state index is 12.5. The van der Waals surface area contributed by atoms with Crippen LogP contribution in [0.1, 0.15) is 32.6 Å². The molecule has 0 radical (unpaired) electrons. The van der Waals surface area contributed by atoms with Crippen molar-refractivity contribution in [3.05, 3.63) is 30.3 Å². The van der Waals surface area contributed by atoms with Crippen molar-refractivity contribution in [2.45, 2.75) is 38.6 Å². The Morgan fingerprint density at radius 3 is 2.76 bits per heavy atom. The summed E-state index contributed by atoms with van der Waals surface area (Å²) in [5, 5.41) is 0. The number of nitrogens with zero attached hydrogens (tertiary/aromatic N) is 1. The quantitative estimate of drug-likeness (QED) is 0.819. The largest absolute Gasteiger partial charge is 0.494 e. The third kappa shape index (κ3) is 3.76. The zero-order valence-electron chi connectivity index (χ0n) is 13.0. The van der Waals surface area contributed by atoms with Crippen LogP contribution < -0.4 is 10.5 Å². The topological polar surface area (TPSA) is 55.6 Å². The molecule has 1 aliphatic rings. The molecule has 2 unspecified atom stereocenters. The van der Waals surface area contributed by atoms with Crippen LogP contribution in [0.25, 0.3) is 0 Å². The van der Waals surface area contributed by atoms with E-state index in [4.69, 9.17) is 10.5 Å². The fraction of sp³-hybridized carbons (Fsp3) is 0.588. The average Bonchev–Trinajstić information content (AvgIpc) is 2.84. The standard InChI is InChI=1S/C17H26N2O2/c1-17(11-6-10-15(17)18)16(20)19(2)12-7-13-21-14-8-4-3-5-9-14/h3-5,8-9,15H,6-7,10-13,18H2,1-2H3. The minimum Gasteiger partial charge on any atom is -0.494 e. The van der Waals surface area contributed by atoms with Gasteiger partial charge in [-0.1, -0.05) is 24.6 Å². The molecule has 1 fully saturated rings. The highest BCUT2D eigenvalue weighted by Crippen LogP contribution is 2.38. The highest BCUT2D eigenvalue weighted by Gasteiger charge is 2.44. The second-order valence-corrected chi connectivity index (χ2v) is 6.16. The predicted molar refractivity (Wildman–Crippen MR) is 84.1 cm³/mol. The van der Waals surface area contributed by atoms with Crippen molar-refractivity contribution in [1.29, 1.82) is 0 Å². The lowest BCUT2D eigenvalue weighted by molar-refractivity contribution is -0.140. The number of amides is 1. The van der Waals surface area contributed by atoms with Gasteiger partial charge in [-0.15, -0.1) is 0 Å². The number of carbonyl (C=O) groups excluding carboxylic acids is 1. The molecule has 2 rings (SSSR count). The summed E-state index contributed by atoms with van der Waals surface area (Å²) < 4.78 is 5.65. The molecule has 0 saturated heterocycles. The fourth-order valence-corrected chi connectivity index (χ4v) is 3.00. The highest BCUT2D eigenvalue weighted by atomic mass is 16.5. The van der Waals surface area contributed by atoms with Crippen LogP contribution in [-0.4, -0.2) is 37.0 Å². The Hall–Kier alpha value is -1.55. The summed E-state index contributed by atoms with van der Waals surface area (Å²) in [6, 6.07) is 9.74. The molecule has 0 bridgehead atoms. The number of nitrogens with two attached hydrogens (primary N) is 1. The van der Waals surface area contributed by atoms with E-state index in [0.717, 1.165) is 31.4 Å². The van der Waals surface area contributed by atoms with Gasteiger partial charge in [-0.05, 0) is 38.3 Å². The van der Waals surface area contributed by atoms with Crippen molar-refractivity contribution in [2.24, 2.45) is 11.1 Å². The van der Waals surface area contributed by atoms with Crippen molar-refractivity contribution in [2.75, 3.05) is 20.2 Å². The van der Waals surface area contributed by atoms with E-state index in [-0.39, 0.29) is 17.4 Å². The summed E-state index contributed by atoms with van der Waals surface area (Å²) in [5.74, 6) is 1.04. The number of rotatable bonds is 6. The first-order chi connectivity index (χ1) is 10.0. The lowest BCUT2D eigenvalue weighted by atomic mass is 9.83. The van der Waals surface area contributed by atoms with E-state index in [0.29, 0.717) is 13.2 Å². The summed E-state index contributed by atoms with van der Waals surface area (Å²) in [7, 11) is 1.86. The molecule has 0 aromatic heterocycles. The summed E-state index contributed by atoms with van der Waals surface area (Å²) in [6.45, 7) is 3.32.